The molecule has 0 spiro atoms. The van der Waals surface area contributed by atoms with Crippen LogP contribution in [-0.2, 0) is 27.3 Å². The van der Waals surface area contributed by atoms with Gasteiger partial charge in [-0.15, -0.1) is 0 Å². The van der Waals surface area contributed by atoms with Crippen molar-refractivity contribution in [2.45, 2.75) is 26.0 Å². The minimum atomic E-state index is -0.873. The van der Waals surface area contributed by atoms with Crippen molar-refractivity contribution in [1.82, 2.24) is 4.90 Å². The van der Waals surface area contributed by atoms with Gasteiger partial charge in [-0.2, -0.15) is 0 Å². The van der Waals surface area contributed by atoms with Gasteiger partial charge in [0.2, 0.25) is 5.75 Å². The van der Waals surface area contributed by atoms with Crippen LogP contribution in [0.5, 0.6) is 17.2 Å². The van der Waals surface area contributed by atoms with Crippen LogP contribution < -0.4 is 14.2 Å². The highest BCUT2D eigenvalue weighted by atomic mass is 16.5. The highest BCUT2D eigenvalue weighted by Crippen LogP contribution is 2.38. The first kappa shape index (κ1) is 22.2. The first-order valence-electron chi connectivity index (χ1n) is 10.0. The Labute approximate surface area is 182 Å². The molecule has 2 aromatic carbocycles. The van der Waals surface area contributed by atoms with Gasteiger partial charge in [-0.05, 0) is 48.2 Å². The number of nitrogens with zero attached hydrogens (tertiary/aromatic N) is 1. The Kier molecular flexibility index (Phi) is 7.18. The third kappa shape index (κ3) is 5.17. The summed E-state index contributed by atoms with van der Waals surface area (Å²) in [5.74, 6) is 0.607. The fraction of sp³-hybridized carbons (Fsp3) is 0.333. The molecule has 1 aliphatic rings. The monoisotopic (exact) mass is 425 g/mol. The van der Waals surface area contributed by atoms with Crippen molar-refractivity contribution in [2.75, 3.05) is 27.9 Å². The molecular formula is C24H27NO6. The zero-order valence-electron chi connectivity index (χ0n) is 18.2. The van der Waals surface area contributed by atoms with Gasteiger partial charge >= 0.3 is 5.97 Å². The van der Waals surface area contributed by atoms with Crippen molar-refractivity contribution in [3.63, 3.8) is 0 Å². The Morgan fingerprint density at radius 3 is 2.26 bits per heavy atom. The molecule has 0 saturated heterocycles. The second-order valence-electron chi connectivity index (χ2n) is 7.15. The second kappa shape index (κ2) is 10.0. The van der Waals surface area contributed by atoms with Gasteiger partial charge in [0.05, 0.1) is 21.3 Å². The molecule has 164 valence electrons. The molecule has 0 fully saturated rings. The molecule has 2 aromatic rings. The van der Waals surface area contributed by atoms with Gasteiger partial charge in [0.25, 0.3) is 5.91 Å². The van der Waals surface area contributed by atoms with Crippen LogP contribution in [0.25, 0.3) is 6.08 Å². The summed E-state index contributed by atoms with van der Waals surface area (Å²) in [5, 5.41) is 0. The van der Waals surface area contributed by atoms with Crippen LogP contribution in [0.4, 0.5) is 0 Å². The summed E-state index contributed by atoms with van der Waals surface area (Å²) < 4.78 is 21.2. The SMILES string of the molecule is COc1cc(/C=C/C(=O)O[C@@H](C)C(=O)N2CCc3ccccc3C2)cc(OC)c1OC. The van der Waals surface area contributed by atoms with E-state index in [1.54, 1.807) is 30.0 Å². The van der Waals surface area contributed by atoms with Crippen molar-refractivity contribution in [1.29, 1.82) is 0 Å². The number of ether oxygens (including phenoxy) is 4. The summed E-state index contributed by atoms with van der Waals surface area (Å²) in [5.41, 5.74) is 3.05. The lowest BCUT2D eigenvalue weighted by atomic mass is 9.99. The van der Waals surface area contributed by atoms with E-state index < -0.39 is 12.1 Å². The Bertz CT molecular complexity index is 959. The number of hydrogen-bond donors (Lipinski definition) is 0. The van der Waals surface area contributed by atoms with Crippen LogP contribution in [0, 0.1) is 0 Å². The summed E-state index contributed by atoms with van der Waals surface area (Å²) in [6, 6.07) is 11.5. The fourth-order valence-corrected chi connectivity index (χ4v) is 3.57. The molecule has 7 nitrogen and oxygen atoms in total. The maximum absolute atomic E-state index is 12.7. The molecule has 0 unspecified atom stereocenters. The molecule has 1 heterocycles. The first-order chi connectivity index (χ1) is 15.0. The van der Waals surface area contributed by atoms with Crippen molar-refractivity contribution in [2.24, 2.45) is 0 Å². The number of carbonyl (C=O) groups excluding carboxylic acids is 2. The van der Waals surface area contributed by atoms with E-state index in [-0.39, 0.29) is 5.91 Å². The number of amides is 1. The van der Waals surface area contributed by atoms with Crippen LogP contribution in [0.2, 0.25) is 0 Å². The quantitative estimate of drug-likeness (QED) is 0.501. The standard InChI is InChI=1S/C24H27NO6/c1-16(24(27)25-12-11-18-7-5-6-8-19(18)15-25)31-22(26)10-9-17-13-20(28-2)23(30-4)21(14-17)29-3/h5-10,13-14,16H,11-12,15H2,1-4H3/b10-9+/t16-/m0/s1. The normalized spacial score (nSPS) is 14.0. The molecule has 0 radical (unpaired) electrons. The van der Waals surface area contributed by atoms with E-state index in [0.29, 0.717) is 35.9 Å². The highest BCUT2D eigenvalue weighted by molar-refractivity contribution is 5.90. The molecule has 0 aromatic heterocycles. The summed E-state index contributed by atoms with van der Waals surface area (Å²) in [6.07, 6.45) is 2.77. The van der Waals surface area contributed by atoms with E-state index in [4.69, 9.17) is 18.9 Å². The summed E-state index contributed by atoms with van der Waals surface area (Å²) in [7, 11) is 4.56. The number of hydrogen-bond acceptors (Lipinski definition) is 6. The van der Waals surface area contributed by atoms with Crippen LogP contribution >= 0.6 is 0 Å². The van der Waals surface area contributed by atoms with Crippen molar-refractivity contribution in [3.05, 3.63) is 59.2 Å². The average Bonchev–Trinajstić information content (AvgIpc) is 2.80. The van der Waals surface area contributed by atoms with Crippen LogP contribution in [0.1, 0.15) is 23.6 Å². The molecule has 31 heavy (non-hydrogen) atoms. The fourth-order valence-electron chi connectivity index (χ4n) is 3.57. The molecule has 1 aliphatic heterocycles. The molecule has 0 aliphatic carbocycles. The summed E-state index contributed by atoms with van der Waals surface area (Å²) >= 11 is 0. The van der Waals surface area contributed by atoms with Gasteiger partial charge in [-0.25, -0.2) is 4.79 Å². The Hall–Kier alpha value is -3.48. The molecular weight excluding hydrogens is 398 g/mol. The van der Waals surface area contributed by atoms with Gasteiger partial charge < -0.3 is 23.8 Å². The third-order valence-corrected chi connectivity index (χ3v) is 5.18. The Morgan fingerprint density at radius 2 is 1.65 bits per heavy atom. The molecule has 0 N–H and O–H groups in total. The molecule has 0 saturated carbocycles. The molecule has 1 atom stereocenters. The predicted octanol–water partition coefficient (Wildman–Crippen LogP) is 3.24. The number of benzene rings is 2. The lowest BCUT2D eigenvalue weighted by molar-refractivity contribution is -0.155. The number of esters is 1. The third-order valence-electron chi connectivity index (χ3n) is 5.18. The predicted molar refractivity (Wildman–Crippen MR) is 116 cm³/mol. The smallest absolute Gasteiger partial charge is 0.331 e. The second-order valence-corrected chi connectivity index (χ2v) is 7.15. The minimum Gasteiger partial charge on any atom is -0.493 e. The van der Waals surface area contributed by atoms with Crippen molar-refractivity contribution >= 4 is 18.0 Å². The maximum atomic E-state index is 12.7. The topological polar surface area (TPSA) is 74.3 Å². The zero-order chi connectivity index (χ0) is 22.4. The number of carbonyl (C=O) groups is 2. The number of methoxy groups -OCH3 is 3. The van der Waals surface area contributed by atoms with Gasteiger partial charge in [0.1, 0.15) is 0 Å². The van der Waals surface area contributed by atoms with E-state index in [9.17, 15) is 9.59 Å². The number of rotatable bonds is 7. The lowest BCUT2D eigenvalue weighted by Crippen LogP contribution is -2.42. The minimum absolute atomic E-state index is 0.205. The highest BCUT2D eigenvalue weighted by Gasteiger charge is 2.26. The van der Waals surface area contributed by atoms with E-state index >= 15 is 0 Å². The van der Waals surface area contributed by atoms with Crippen molar-refractivity contribution in [3.8, 4) is 17.2 Å². The van der Waals surface area contributed by atoms with Gasteiger partial charge in [-0.1, -0.05) is 24.3 Å². The lowest BCUT2D eigenvalue weighted by Gasteiger charge is -2.30. The number of fused-ring (bicyclic) bond motifs is 1. The first-order valence-corrected chi connectivity index (χ1v) is 10.0. The van der Waals surface area contributed by atoms with Gasteiger partial charge in [0.15, 0.2) is 17.6 Å². The summed E-state index contributed by atoms with van der Waals surface area (Å²) in [6.45, 7) is 2.73. The molecule has 0 bridgehead atoms. The maximum Gasteiger partial charge on any atom is 0.331 e. The Balaban J connectivity index is 1.63. The van der Waals surface area contributed by atoms with Gasteiger partial charge in [0, 0.05) is 19.2 Å². The van der Waals surface area contributed by atoms with Crippen LogP contribution in [0.15, 0.2) is 42.5 Å². The average molecular weight is 425 g/mol. The zero-order valence-corrected chi connectivity index (χ0v) is 18.2. The van der Waals surface area contributed by atoms with Crippen LogP contribution in [-0.4, -0.2) is 50.8 Å². The van der Waals surface area contributed by atoms with E-state index in [1.807, 2.05) is 18.2 Å². The largest absolute Gasteiger partial charge is 0.493 e. The summed E-state index contributed by atoms with van der Waals surface area (Å²) in [4.78, 5) is 26.7. The van der Waals surface area contributed by atoms with E-state index in [0.717, 1.165) is 12.0 Å². The Morgan fingerprint density at radius 1 is 1.00 bits per heavy atom. The molecule has 3 rings (SSSR count). The van der Waals surface area contributed by atoms with Crippen LogP contribution in [0.3, 0.4) is 0 Å². The van der Waals surface area contributed by atoms with E-state index in [2.05, 4.69) is 6.07 Å². The van der Waals surface area contributed by atoms with E-state index in [1.165, 1.54) is 33.0 Å². The van der Waals surface area contributed by atoms with Crippen molar-refractivity contribution < 1.29 is 28.5 Å². The van der Waals surface area contributed by atoms with Gasteiger partial charge in [-0.3, -0.25) is 4.79 Å². The molecule has 1 amide bonds. The molecule has 7 heteroatoms.